The number of halogens is 1. The Morgan fingerprint density at radius 1 is 1.32 bits per heavy atom. The Balaban J connectivity index is 2.41. The molecule has 19 heavy (non-hydrogen) atoms. The van der Waals surface area contributed by atoms with Crippen molar-refractivity contribution >= 4 is 34.1 Å². The molecule has 0 fully saturated rings. The van der Waals surface area contributed by atoms with Crippen LogP contribution in [0.1, 0.15) is 20.3 Å². The molecule has 100 valence electrons. The SMILES string of the molecule is CC(C)(CC(N)=O)Nc1nnc(Cl)c2ccccc12. The van der Waals surface area contributed by atoms with Gasteiger partial charge in [0.25, 0.3) is 0 Å². The minimum Gasteiger partial charge on any atom is -0.370 e. The molecular formula is C13H15ClN4O. The van der Waals surface area contributed by atoms with Crippen molar-refractivity contribution in [2.75, 3.05) is 5.32 Å². The van der Waals surface area contributed by atoms with Gasteiger partial charge in [-0.2, -0.15) is 0 Å². The molecule has 1 amide bonds. The maximum Gasteiger partial charge on any atom is 0.219 e. The van der Waals surface area contributed by atoms with Gasteiger partial charge in [0.05, 0.1) is 0 Å². The second-order valence-electron chi connectivity index (χ2n) is 5.04. The van der Waals surface area contributed by atoms with Gasteiger partial charge in [0.1, 0.15) is 0 Å². The Morgan fingerprint density at radius 2 is 1.95 bits per heavy atom. The molecule has 0 aliphatic heterocycles. The molecule has 0 atom stereocenters. The molecule has 2 rings (SSSR count). The number of rotatable bonds is 4. The number of aromatic nitrogens is 2. The molecule has 0 saturated carbocycles. The zero-order valence-corrected chi connectivity index (χ0v) is 11.5. The predicted octanol–water partition coefficient (Wildman–Crippen LogP) is 2.35. The van der Waals surface area contributed by atoms with Gasteiger partial charge < -0.3 is 11.1 Å². The summed E-state index contributed by atoms with van der Waals surface area (Å²) in [6, 6.07) is 7.55. The molecule has 0 bridgehead atoms. The van der Waals surface area contributed by atoms with E-state index in [1.807, 2.05) is 38.1 Å². The maximum absolute atomic E-state index is 11.0. The van der Waals surface area contributed by atoms with Crippen LogP contribution in [0.2, 0.25) is 5.15 Å². The van der Waals surface area contributed by atoms with Gasteiger partial charge in [-0.15, -0.1) is 10.2 Å². The number of carbonyl (C=O) groups excluding carboxylic acids is 1. The highest BCUT2D eigenvalue weighted by molar-refractivity contribution is 6.34. The van der Waals surface area contributed by atoms with Gasteiger partial charge in [-0.3, -0.25) is 4.79 Å². The van der Waals surface area contributed by atoms with E-state index in [4.69, 9.17) is 17.3 Å². The summed E-state index contributed by atoms with van der Waals surface area (Å²) in [5, 5.41) is 13.2. The number of hydrogen-bond donors (Lipinski definition) is 2. The lowest BCUT2D eigenvalue weighted by Gasteiger charge is -2.25. The summed E-state index contributed by atoms with van der Waals surface area (Å²) in [6.07, 6.45) is 0.200. The highest BCUT2D eigenvalue weighted by Gasteiger charge is 2.22. The number of primary amides is 1. The van der Waals surface area contributed by atoms with Gasteiger partial charge in [-0.05, 0) is 13.8 Å². The Labute approximate surface area is 116 Å². The van der Waals surface area contributed by atoms with E-state index in [1.54, 1.807) is 0 Å². The van der Waals surface area contributed by atoms with E-state index in [-0.39, 0.29) is 12.3 Å². The highest BCUT2D eigenvalue weighted by Crippen LogP contribution is 2.27. The number of hydrogen-bond acceptors (Lipinski definition) is 4. The first-order valence-corrected chi connectivity index (χ1v) is 6.24. The first kappa shape index (κ1) is 13.5. The van der Waals surface area contributed by atoms with Crippen LogP contribution < -0.4 is 11.1 Å². The average Bonchev–Trinajstić information content (AvgIpc) is 2.31. The summed E-state index contributed by atoms with van der Waals surface area (Å²) in [5.74, 6) is 0.218. The van der Waals surface area contributed by atoms with Crippen molar-refractivity contribution in [3.63, 3.8) is 0 Å². The van der Waals surface area contributed by atoms with E-state index in [0.717, 1.165) is 10.8 Å². The van der Waals surface area contributed by atoms with E-state index in [9.17, 15) is 4.79 Å². The van der Waals surface area contributed by atoms with Crippen LogP contribution in [0.4, 0.5) is 5.82 Å². The average molecular weight is 279 g/mol. The number of nitrogens with two attached hydrogens (primary N) is 1. The molecule has 1 aromatic heterocycles. The van der Waals surface area contributed by atoms with E-state index >= 15 is 0 Å². The number of nitrogens with one attached hydrogen (secondary N) is 1. The number of carbonyl (C=O) groups is 1. The smallest absolute Gasteiger partial charge is 0.219 e. The second-order valence-corrected chi connectivity index (χ2v) is 5.39. The second kappa shape index (κ2) is 5.01. The first-order valence-electron chi connectivity index (χ1n) is 5.86. The monoisotopic (exact) mass is 278 g/mol. The van der Waals surface area contributed by atoms with Crippen molar-refractivity contribution in [2.45, 2.75) is 25.8 Å². The molecule has 1 heterocycles. The van der Waals surface area contributed by atoms with Crippen molar-refractivity contribution in [2.24, 2.45) is 5.73 Å². The molecule has 0 unspecified atom stereocenters. The van der Waals surface area contributed by atoms with Crippen LogP contribution in [0.25, 0.3) is 10.8 Å². The molecule has 1 aromatic carbocycles. The lowest BCUT2D eigenvalue weighted by molar-refractivity contribution is -0.118. The van der Waals surface area contributed by atoms with Gasteiger partial charge >= 0.3 is 0 Å². The fourth-order valence-electron chi connectivity index (χ4n) is 1.96. The summed E-state index contributed by atoms with van der Waals surface area (Å²) in [7, 11) is 0. The molecule has 5 nitrogen and oxygen atoms in total. The summed E-state index contributed by atoms with van der Waals surface area (Å²) in [5.41, 5.74) is 4.73. The zero-order chi connectivity index (χ0) is 14.0. The van der Waals surface area contributed by atoms with Gasteiger partial charge in [0, 0.05) is 22.7 Å². The Hall–Kier alpha value is -1.88. The van der Waals surface area contributed by atoms with Crippen molar-refractivity contribution < 1.29 is 4.79 Å². The molecule has 6 heteroatoms. The van der Waals surface area contributed by atoms with Crippen LogP contribution in [0.3, 0.4) is 0 Å². The van der Waals surface area contributed by atoms with Gasteiger partial charge in [-0.1, -0.05) is 35.9 Å². The molecule has 0 aliphatic rings. The van der Waals surface area contributed by atoms with Crippen LogP contribution in [-0.2, 0) is 4.79 Å². The third kappa shape index (κ3) is 3.12. The van der Waals surface area contributed by atoms with E-state index in [2.05, 4.69) is 15.5 Å². The largest absolute Gasteiger partial charge is 0.370 e. The van der Waals surface area contributed by atoms with Gasteiger partial charge in [0.15, 0.2) is 11.0 Å². The normalized spacial score (nSPS) is 11.5. The molecule has 0 spiro atoms. The quantitative estimate of drug-likeness (QED) is 0.899. The number of nitrogens with zero attached hydrogens (tertiary/aromatic N) is 2. The van der Waals surface area contributed by atoms with E-state index in [0.29, 0.717) is 11.0 Å². The number of anilines is 1. The summed E-state index contributed by atoms with van der Waals surface area (Å²) in [4.78, 5) is 11.0. The third-order valence-corrected chi connectivity index (χ3v) is 2.99. The molecule has 0 saturated heterocycles. The first-order chi connectivity index (χ1) is 8.89. The number of amides is 1. The van der Waals surface area contributed by atoms with Crippen LogP contribution in [0.5, 0.6) is 0 Å². The lowest BCUT2D eigenvalue weighted by Crippen LogP contribution is -2.36. The lowest BCUT2D eigenvalue weighted by atomic mass is 10.00. The Kier molecular flexibility index (Phi) is 3.57. The van der Waals surface area contributed by atoms with Crippen molar-refractivity contribution in [1.82, 2.24) is 10.2 Å². The van der Waals surface area contributed by atoms with Gasteiger partial charge in [0.2, 0.25) is 5.91 Å². The predicted molar refractivity (Wildman–Crippen MR) is 76.1 cm³/mol. The van der Waals surface area contributed by atoms with Crippen molar-refractivity contribution in [3.8, 4) is 0 Å². The van der Waals surface area contributed by atoms with Gasteiger partial charge in [-0.25, -0.2) is 0 Å². The summed E-state index contributed by atoms with van der Waals surface area (Å²) >= 11 is 6.01. The molecule has 3 N–H and O–H groups in total. The maximum atomic E-state index is 11.0. The minimum atomic E-state index is -0.503. The van der Waals surface area contributed by atoms with Crippen LogP contribution >= 0.6 is 11.6 Å². The Bertz CT molecular complexity index is 627. The molecular weight excluding hydrogens is 264 g/mol. The summed E-state index contributed by atoms with van der Waals surface area (Å²) in [6.45, 7) is 3.76. The summed E-state index contributed by atoms with van der Waals surface area (Å²) < 4.78 is 0. The molecule has 2 aromatic rings. The minimum absolute atomic E-state index is 0.200. The fourth-order valence-corrected chi connectivity index (χ4v) is 2.17. The van der Waals surface area contributed by atoms with Crippen LogP contribution in [0, 0.1) is 0 Å². The molecule has 0 aliphatic carbocycles. The fraction of sp³-hybridized carbons (Fsp3) is 0.308. The number of fused-ring (bicyclic) bond motifs is 1. The van der Waals surface area contributed by atoms with Crippen LogP contribution in [-0.4, -0.2) is 21.6 Å². The van der Waals surface area contributed by atoms with E-state index in [1.165, 1.54) is 0 Å². The highest BCUT2D eigenvalue weighted by atomic mass is 35.5. The number of benzene rings is 1. The van der Waals surface area contributed by atoms with Crippen molar-refractivity contribution in [1.29, 1.82) is 0 Å². The topological polar surface area (TPSA) is 80.9 Å². The van der Waals surface area contributed by atoms with E-state index < -0.39 is 5.54 Å². The van der Waals surface area contributed by atoms with Crippen LogP contribution in [0.15, 0.2) is 24.3 Å². The standard InChI is InChI=1S/C13H15ClN4O/c1-13(2,7-10(15)19)16-12-9-6-4-3-5-8(9)11(14)17-18-12/h3-6H,7H2,1-2H3,(H2,15,19)(H,16,18). The molecule has 0 radical (unpaired) electrons. The van der Waals surface area contributed by atoms with Crippen molar-refractivity contribution in [3.05, 3.63) is 29.4 Å². The third-order valence-electron chi connectivity index (χ3n) is 2.72. The zero-order valence-electron chi connectivity index (χ0n) is 10.8. The Morgan fingerprint density at radius 3 is 2.58 bits per heavy atom.